The predicted molar refractivity (Wildman–Crippen MR) is 75.8 cm³/mol. The van der Waals surface area contributed by atoms with E-state index in [0.29, 0.717) is 6.42 Å². The van der Waals surface area contributed by atoms with Gasteiger partial charge < -0.3 is 5.11 Å². The van der Waals surface area contributed by atoms with Crippen LogP contribution >= 0.6 is 0 Å². The van der Waals surface area contributed by atoms with Gasteiger partial charge in [-0.25, -0.2) is 9.97 Å². The molecule has 0 amide bonds. The van der Waals surface area contributed by atoms with Crippen molar-refractivity contribution in [3.63, 3.8) is 0 Å². The molecule has 1 aromatic carbocycles. The van der Waals surface area contributed by atoms with Crippen molar-refractivity contribution in [1.29, 1.82) is 0 Å². The van der Waals surface area contributed by atoms with E-state index in [0.717, 1.165) is 11.3 Å². The zero-order valence-electron chi connectivity index (χ0n) is 11.7. The summed E-state index contributed by atoms with van der Waals surface area (Å²) < 4.78 is 0. The van der Waals surface area contributed by atoms with Crippen LogP contribution in [0.4, 0.5) is 0 Å². The quantitative estimate of drug-likeness (QED) is 0.918. The Bertz CT molecular complexity index is 515. The van der Waals surface area contributed by atoms with E-state index in [2.05, 4.69) is 42.9 Å². The van der Waals surface area contributed by atoms with Crippen LogP contribution < -0.4 is 0 Å². The Morgan fingerprint density at radius 2 is 1.79 bits per heavy atom. The first-order valence-corrected chi connectivity index (χ1v) is 6.50. The molecular formula is C16H20N2O. The maximum absolute atomic E-state index is 10.2. The molecule has 19 heavy (non-hydrogen) atoms. The molecule has 1 aromatic heterocycles. The summed E-state index contributed by atoms with van der Waals surface area (Å²) in [5.41, 5.74) is 3.18. The zero-order valence-corrected chi connectivity index (χ0v) is 11.7. The molecule has 1 atom stereocenters. The Labute approximate surface area is 114 Å². The van der Waals surface area contributed by atoms with E-state index in [9.17, 15) is 5.11 Å². The van der Waals surface area contributed by atoms with Gasteiger partial charge in [-0.2, -0.15) is 0 Å². The van der Waals surface area contributed by atoms with Crippen molar-refractivity contribution in [2.75, 3.05) is 0 Å². The molecule has 0 aliphatic heterocycles. The Kier molecular flexibility index (Phi) is 3.96. The zero-order chi connectivity index (χ0) is 13.9. The summed E-state index contributed by atoms with van der Waals surface area (Å²) in [7, 11) is 0. The van der Waals surface area contributed by atoms with Gasteiger partial charge in [0.1, 0.15) is 6.33 Å². The minimum absolute atomic E-state index is 0.135. The number of hydrogen-bond donors (Lipinski definition) is 1. The highest BCUT2D eigenvalue weighted by Gasteiger charge is 2.15. The lowest BCUT2D eigenvalue weighted by Crippen LogP contribution is -2.11. The summed E-state index contributed by atoms with van der Waals surface area (Å²) in [4.78, 5) is 8.00. The van der Waals surface area contributed by atoms with Crippen LogP contribution in [-0.4, -0.2) is 15.1 Å². The molecule has 3 heteroatoms. The van der Waals surface area contributed by atoms with Gasteiger partial charge in [0.15, 0.2) is 0 Å². The van der Waals surface area contributed by atoms with E-state index in [1.165, 1.54) is 11.9 Å². The monoisotopic (exact) mass is 256 g/mol. The number of hydrogen-bond acceptors (Lipinski definition) is 3. The molecule has 0 radical (unpaired) electrons. The highest BCUT2D eigenvalue weighted by atomic mass is 16.3. The first kappa shape index (κ1) is 13.7. The average molecular weight is 256 g/mol. The Morgan fingerprint density at radius 3 is 2.32 bits per heavy atom. The van der Waals surface area contributed by atoms with E-state index < -0.39 is 6.10 Å². The minimum Gasteiger partial charge on any atom is -0.388 e. The molecule has 0 unspecified atom stereocenters. The topological polar surface area (TPSA) is 46.0 Å². The third kappa shape index (κ3) is 3.61. The maximum atomic E-state index is 10.2. The maximum Gasteiger partial charge on any atom is 0.115 e. The fraction of sp³-hybridized carbons (Fsp3) is 0.375. The lowest BCUT2D eigenvalue weighted by Gasteiger charge is -2.20. The van der Waals surface area contributed by atoms with E-state index in [-0.39, 0.29) is 5.41 Å². The van der Waals surface area contributed by atoms with E-state index in [1.54, 1.807) is 6.20 Å². The van der Waals surface area contributed by atoms with Gasteiger partial charge in [-0.15, -0.1) is 0 Å². The second kappa shape index (κ2) is 5.49. The van der Waals surface area contributed by atoms with Crippen LogP contribution in [0.25, 0.3) is 0 Å². The van der Waals surface area contributed by atoms with Crippen molar-refractivity contribution in [2.45, 2.75) is 38.7 Å². The van der Waals surface area contributed by atoms with Gasteiger partial charge >= 0.3 is 0 Å². The fourth-order valence-electron chi connectivity index (χ4n) is 1.96. The van der Waals surface area contributed by atoms with Gasteiger partial charge in [0.2, 0.25) is 0 Å². The van der Waals surface area contributed by atoms with Crippen LogP contribution in [0.15, 0.2) is 42.9 Å². The van der Waals surface area contributed by atoms with Crippen LogP contribution in [0.2, 0.25) is 0 Å². The highest BCUT2D eigenvalue weighted by molar-refractivity contribution is 5.29. The molecule has 100 valence electrons. The molecule has 0 aliphatic rings. The number of aliphatic hydroxyl groups is 1. The SMILES string of the molecule is CC(C)(C)c1ccc([C@@H](O)Cc2ccncn2)cc1. The minimum atomic E-state index is -0.524. The second-order valence-corrected chi connectivity index (χ2v) is 5.79. The van der Waals surface area contributed by atoms with Crippen molar-refractivity contribution in [3.05, 3.63) is 59.7 Å². The summed E-state index contributed by atoms with van der Waals surface area (Å²) in [6.07, 6.45) is 3.18. The molecule has 1 N–H and O–H groups in total. The molecule has 0 spiro atoms. The first-order valence-electron chi connectivity index (χ1n) is 6.50. The van der Waals surface area contributed by atoms with Crippen LogP contribution in [0.1, 0.15) is 43.7 Å². The standard InChI is InChI=1S/C16H20N2O/c1-16(2,3)13-6-4-12(5-7-13)15(19)10-14-8-9-17-11-18-14/h4-9,11,15,19H,10H2,1-3H3/t15-/m0/s1. The van der Waals surface area contributed by atoms with Crippen LogP contribution in [0.3, 0.4) is 0 Å². The Morgan fingerprint density at radius 1 is 1.11 bits per heavy atom. The molecule has 0 saturated heterocycles. The van der Waals surface area contributed by atoms with Crippen molar-refractivity contribution in [2.24, 2.45) is 0 Å². The molecule has 0 saturated carbocycles. The second-order valence-electron chi connectivity index (χ2n) is 5.79. The van der Waals surface area contributed by atoms with E-state index in [4.69, 9.17) is 0 Å². The van der Waals surface area contributed by atoms with E-state index >= 15 is 0 Å². The molecule has 2 rings (SSSR count). The Balaban J connectivity index is 2.10. The van der Waals surface area contributed by atoms with Crippen LogP contribution in [0, 0.1) is 0 Å². The van der Waals surface area contributed by atoms with Gasteiger partial charge in [-0.05, 0) is 22.6 Å². The number of rotatable bonds is 3. The molecule has 2 aromatic rings. The van der Waals surface area contributed by atoms with E-state index in [1.807, 2.05) is 18.2 Å². The molecule has 0 bridgehead atoms. The number of benzene rings is 1. The number of aliphatic hydroxyl groups excluding tert-OH is 1. The van der Waals surface area contributed by atoms with Gasteiger partial charge in [-0.3, -0.25) is 0 Å². The fourth-order valence-corrected chi connectivity index (χ4v) is 1.96. The summed E-state index contributed by atoms with van der Waals surface area (Å²) in [6, 6.07) is 9.97. The third-order valence-electron chi connectivity index (χ3n) is 3.21. The predicted octanol–water partition coefficient (Wildman–Crippen LogP) is 3.05. The van der Waals surface area contributed by atoms with Crippen LogP contribution in [0.5, 0.6) is 0 Å². The van der Waals surface area contributed by atoms with Crippen molar-refractivity contribution >= 4 is 0 Å². The van der Waals surface area contributed by atoms with Gasteiger partial charge in [0.05, 0.1) is 6.10 Å². The number of aromatic nitrogens is 2. The summed E-state index contributed by atoms with van der Waals surface area (Å²) >= 11 is 0. The average Bonchev–Trinajstić information content (AvgIpc) is 2.39. The molecule has 0 fully saturated rings. The van der Waals surface area contributed by atoms with Crippen LogP contribution in [-0.2, 0) is 11.8 Å². The molecule has 3 nitrogen and oxygen atoms in total. The summed E-state index contributed by atoms with van der Waals surface area (Å²) in [5.74, 6) is 0. The third-order valence-corrected chi connectivity index (χ3v) is 3.21. The van der Waals surface area contributed by atoms with Crippen molar-refractivity contribution < 1.29 is 5.11 Å². The van der Waals surface area contributed by atoms with Gasteiger partial charge in [-0.1, -0.05) is 45.0 Å². The number of nitrogens with zero attached hydrogens (tertiary/aromatic N) is 2. The lowest BCUT2D eigenvalue weighted by atomic mass is 9.86. The smallest absolute Gasteiger partial charge is 0.115 e. The Hall–Kier alpha value is -1.74. The lowest BCUT2D eigenvalue weighted by molar-refractivity contribution is 0.177. The van der Waals surface area contributed by atoms with Crippen molar-refractivity contribution in [1.82, 2.24) is 9.97 Å². The highest BCUT2D eigenvalue weighted by Crippen LogP contribution is 2.24. The molecule has 1 heterocycles. The summed E-state index contributed by atoms with van der Waals surface area (Å²) in [5, 5.41) is 10.2. The largest absolute Gasteiger partial charge is 0.388 e. The molecule has 0 aliphatic carbocycles. The first-order chi connectivity index (χ1) is 8.97. The van der Waals surface area contributed by atoms with Gasteiger partial charge in [0, 0.05) is 18.3 Å². The van der Waals surface area contributed by atoms with Crippen molar-refractivity contribution in [3.8, 4) is 0 Å². The van der Waals surface area contributed by atoms with Gasteiger partial charge in [0.25, 0.3) is 0 Å². The molecular weight excluding hydrogens is 236 g/mol. The normalized spacial score (nSPS) is 13.3. The summed E-state index contributed by atoms with van der Waals surface area (Å²) in [6.45, 7) is 6.54.